The molecule has 2 aliphatic rings. The van der Waals surface area contributed by atoms with Crippen molar-refractivity contribution in [1.29, 1.82) is 0 Å². The molecule has 338 valence electrons. The van der Waals surface area contributed by atoms with Gasteiger partial charge in [-0.3, -0.25) is 59.8 Å². The van der Waals surface area contributed by atoms with Crippen molar-refractivity contribution in [3.05, 3.63) is 159 Å². The minimum absolute atomic E-state index is 0.0868. The Bertz CT molecular complexity index is 2110. The highest BCUT2D eigenvalue weighted by Gasteiger charge is 2.39. The Morgan fingerprint density at radius 3 is 1.30 bits per heavy atom. The molecule has 18 nitrogen and oxygen atoms in total. The summed E-state index contributed by atoms with van der Waals surface area (Å²) in [7, 11) is 0. The van der Waals surface area contributed by atoms with Crippen LogP contribution >= 0.6 is 0 Å². The number of hydrogen-bond acceptors (Lipinski definition) is 14. The van der Waals surface area contributed by atoms with Crippen molar-refractivity contribution < 1.29 is 29.3 Å². The Kier molecular flexibility index (Phi) is 16.5. The molecule has 2 heterocycles. The maximum absolute atomic E-state index is 13.6. The molecule has 0 saturated carbocycles. The minimum Gasteiger partial charge on any atom is -0.314 e. The number of nitro benzene ring substituents is 4. The molecular weight excluding hydrogens is 825 g/mol. The zero-order valence-corrected chi connectivity index (χ0v) is 35.9. The summed E-state index contributed by atoms with van der Waals surface area (Å²) in [5.41, 5.74) is -2.90. The van der Waals surface area contributed by atoms with Crippen LogP contribution in [-0.4, -0.2) is 98.6 Å². The number of rotatable bonds is 22. The highest BCUT2D eigenvalue weighted by molar-refractivity contribution is 6.15. The van der Waals surface area contributed by atoms with Gasteiger partial charge in [-0.15, -0.1) is 0 Å². The van der Waals surface area contributed by atoms with Gasteiger partial charge in [-0.2, -0.15) is 0 Å². The fraction of sp³-hybridized carbons (Fsp3) is 0.435. The third-order valence-corrected chi connectivity index (χ3v) is 12.2. The highest BCUT2D eigenvalue weighted by atomic mass is 16.6. The van der Waals surface area contributed by atoms with Crippen molar-refractivity contribution in [3.8, 4) is 0 Å². The summed E-state index contributed by atoms with van der Waals surface area (Å²) in [5, 5.41) is 56.9. The SMILES string of the molecule is CCCCCCCCCC(N1CCNCC1Cc1cc([N+](=O)[O-])c(C(=O)c2ccccc2)c([N+](=O)[O-])c1)N1CCNCC1Cc1cc([N+](=O)[O-])c(C(=O)c2ccccc2)c([N+](=O)[O-])c1. The van der Waals surface area contributed by atoms with Crippen LogP contribution in [0.3, 0.4) is 0 Å². The summed E-state index contributed by atoms with van der Waals surface area (Å²) in [6.45, 7) is 5.50. The quantitative estimate of drug-likeness (QED) is 0.0335. The maximum atomic E-state index is 13.6. The first-order valence-electron chi connectivity index (χ1n) is 21.9. The topological polar surface area (TPSA) is 237 Å². The Morgan fingerprint density at radius 1 is 0.578 bits per heavy atom. The van der Waals surface area contributed by atoms with Crippen molar-refractivity contribution in [1.82, 2.24) is 20.4 Å². The van der Waals surface area contributed by atoms with Gasteiger partial charge < -0.3 is 10.6 Å². The first kappa shape index (κ1) is 47.1. The van der Waals surface area contributed by atoms with Crippen molar-refractivity contribution >= 4 is 34.3 Å². The van der Waals surface area contributed by atoms with Gasteiger partial charge >= 0.3 is 0 Å². The van der Waals surface area contributed by atoms with E-state index in [1.54, 1.807) is 36.4 Å². The predicted octanol–water partition coefficient (Wildman–Crippen LogP) is 7.58. The molecule has 2 aliphatic heterocycles. The summed E-state index contributed by atoms with van der Waals surface area (Å²) >= 11 is 0. The van der Waals surface area contributed by atoms with Crippen LogP contribution in [0.2, 0.25) is 0 Å². The van der Waals surface area contributed by atoms with Crippen LogP contribution in [0.25, 0.3) is 0 Å². The molecule has 4 aromatic carbocycles. The third-order valence-electron chi connectivity index (χ3n) is 12.2. The molecule has 6 rings (SSSR count). The van der Waals surface area contributed by atoms with Gasteiger partial charge in [0.1, 0.15) is 0 Å². The Hall–Kier alpha value is -6.34. The summed E-state index contributed by atoms with van der Waals surface area (Å²) in [4.78, 5) is 78.8. The molecule has 2 N–H and O–H groups in total. The summed E-state index contributed by atoms with van der Waals surface area (Å²) in [5.74, 6) is -1.64. The van der Waals surface area contributed by atoms with E-state index in [0.717, 1.165) is 44.9 Å². The molecule has 2 saturated heterocycles. The van der Waals surface area contributed by atoms with Gasteiger partial charge in [0.15, 0.2) is 11.1 Å². The fourth-order valence-electron chi connectivity index (χ4n) is 9.15. The zero-order valence-electron chi connectivity index (χ0n) is 35.9. The molecule has 0 spiro atoms. The fourth-order valence-corrected chi connectivity index (χ4v) is 9.15. The molecule has 0 bridgehead atoms. The van der Waals surface area contributed by atoms with E-state index < -0.39 is 65.1 Å². The van der Waals surface area contributed by atoms with E-state index in [9.17, 15) is 50.0 Å². The van der Waals surface area contributed by atoms with Gasteiger partial charge in [-0.25, -0.2) is 0 Å². The van der Waals surface area contributed by atoms with E-state index in [1.165, 1.54) is 55.0 Å². The lowest BCUT2D eigenvalue weighted by Crippen LogP contribution is -2.65. The number of unbranched alkanes of at least 4 members (excludes halogenated alkanes) is 6. The van der Waals surface area contributed by atoms with E-state index in [0.29, 0.717) is 50.4 Å². The number of nitro groups is 4. The second kappa shape index (κ2) is 22.3. The number of nitrogens with one attached hydrogen (secondary N) is 2. The van der Waals surface area contributed by atoms with Crippen molar-refractivity contribution in [3.63, 3.8) is 0 Å². The Balaban J connectivity index is 1.35. The minimum atomic E-state index is -0.820. The molecule has 0 amide bonds. The van der Waals surface area contributed by atoms with E-state index in [1.807, 2.05) is 0 Å². The van der Waals surface area contributed by atoms with Crippen LogP contribution in [0.4, 0.5) is 22.7 Å². The molecule has 2 fully saturated rings. The van der Waals surface area contributed by atoms with Crippen molar-refractivity contribution in [2.24, 2.45) is 0 Å². The number of ketones is 2. The Labute approximate surface area is 370 Å². The number of carbonyl (C=O) groups is 2. The average Bonchev–Trinajstić information content (AvgIpc) is 3.30. The molecule has 0 aromatic heterocycles. The average molecular weight is 879 g/mol. The lowest BCUT2D eigenvalue weighted by molar-refractivity contribution is -0.394. The molecule has 0 radical (unpaired) electrons. The molecular formula is C46H54N8O10. The van der Waals surface area contributed by atoms with Gasteiger partial charge in [0.05, 0.1) is 25.9 Å². The van der Waals surface area contributed by atoms with E-state index >= 15 is 0 Å². The van der Waals surface area contributed by atoms with E-state index in [-0.39, 0.29) is 42.2 Å². The number of nitrogens with zero attached hydrogens (tertiary/aromatic N) is 6. The van der Waals surface area contributed by atoms with Crippen molar-refractivity contribution in [2.45, 2.75) is 89.4 Å². The van der Waals surface area contributed by atoms with Gasteiger partial charge in [-0.05, 0) is 30.4 Å². The van der Waals surface area contributed by atoms with Gasteiger partial charge in [-0.1, -0.05) is 113 Å². The van der Waals surface area contributed by atoms with Crippen molar-refractivity contribution in [2.75, 3.05) is 39.3 Å². The zero-order chi connectivity index (χ0) is 45.8. The highest BCUT2D eigenvalue weighted by Crippen LogP contribution is 2.36. The maximum Gasteiger partial charge on any atom is 0.287 e. The lowest BCUT2D eigenvalue weighted by Gasteiger charge is -2.50. The molecule has 4 aromatic rings. The number of hydrogen-bond donors (Lipinski definition) is 2. The number of carbonyl (C=O) groups excluding carboxylic acids is 2. The number of benzene rings is 4. The van der Waals surface area contributed by atoms with Gasteiger partial charge in [0.2, 0.25) is 11.6 Å². The molecule has 18 heteroatoms. The smallest absolute Gasteiger partial charge is 0.287 e. The van der Waals surface area contributed by atoms with Crippen LogP contribution in [0.1, 0.15) is 101 Å². The summed E-state index contributed by atoms with van der Waals surface area (Å²) in [6.07, 6.45) is 8.40. The largest absolute Gasteiger partial charge is 0.314 e. The third kappa shape index (κ3) is 11.4. The second-order valence-corrected chi connectivity index (χ2v) is 16.4. The van der Waals surface area contributed by atoms with E-state index in [4.69, 9.17) is 0 Å². The number of piperazine rings is 2. The second-order valence-electron chi connectivity index (χ2n) is 16.4. The Morgan fingerprint density at radius 2 is 0.938 bits per heavy atom. The summed E-state index contributed by atoms with van der Waals surface area (Å²) < 4.78 is 0. The predicted molar refractivity (Wildman–Crippen MR) is 240 cm³/mol. The first-order chi connectivity index (χ1) is 30.9. The first-order valence-corrected chi connectivity index (χ1v) is 21.9. The lowest BCUT2D eigenvalue weighted by atomic mass is 9.93. The van der Waals surface area contributed by atoms with Gasteiger partial charge in [0.25, 0.3) is 22.7 Å². The van der Waals surface area contributed by atoms with Crippen LogP contribution in [0, 0.1) is 40.5 Å². The molecule has 2 unspecified atom stereocenters. The van der Waals surface area contributed by atoms with Gasteiger partial charge in [0, 0.05) is 86.7 Å². The van der Waals surface area contributed by atoms with Crippen LogP contribution in [0.5, 0.6) is 0 Å². The van der Waals surface area contributed by atoms with Crippen LogP contribution in [-0.2, 0) is 12.8 Å². The molecule has 64 heavy (non-hydrogen) atoms. The van der Waals surface area contributed by atoms with E-state index in [2.05, 4.69) is 27.4 Å². The standard InChI is InChI=1S/C46H54N8O10/c1-2-3-4-5-6-7-14-19-42(49-22-20-47-30-36(49)24-32-26-38(51(57)58)43(39(27-32)52(59)60)45(55)34-15-10-8-11-16-34)50-23-21-48-31-37(50)25-33-28-40(53(61)62)44(41(29-33)54(63)64)46(56)35-17-12-9-13-18-35/h8-13,15-18,26-29,36-37,42,47-48H,2-7,14,19-25,30-31H2,1H3. The monoisotopic (exact) mass is 878 g/mol. The molecule has 0 aliphatic carbocycles. The van der Waals surface area contributed by atoms with Crippen LogP contribution in [0.15, 0.2) is 84.9 Å². The summed E-state index contributed by atoms with van der Waals surface area (Å²) in [6, 6.07) is 19.9. The molecule has 2 atom stereocenters. The van der Waals surface area contributed by atoms with Crippen LogP contribution < -0.4 is 10.6 Å². The normalized spacial score (nSPS) is 17.4.